The molecule has 0 saturated carbocycles. The first-order chi connectivity index (χ1) is 19.7. The Morgan fingerprint density at radius 2 is 1.93 bits per heavy atom. The molecule has 1 fully saturated rings. The molecular formula is C30H35N9O2. The zero-order valence-corrected chi connectivity index (χ0v) is 23.8. The third-order valence-electron chi connectivity index (χ3n) is 7.18. The number of anilines is 2. The van der Waals surface area contributed by atoms with Gasteiger partial charge in [0.2, 0.25) is 5.91 Å². The maximum Gasteiger partial charge on any atom is 0.256 e. The predicted octanol–water partition coefficient (Wildman–Crippen LogP) is 3.74. The van der Waals surface area contributed by atoms with Crippen molar-refractivity contribution in [1.82, 2.24) is 34.5 Å². The van der Waals surface area contributed by atoms with Crippen molar-refractivity contribution in [3.63, 3.8) is 0 Å². The fourth-order valence-electron chi connectivity index (χ4n) is 4.91. The highest BCUT2D eigenvalue weighted by atomic mass is 16.2. The van der Waals surface area contributed by atoms with Crippen molar-refractivity contribution in [3.05, 3.63) is 72.2 Å². The molecule has 4 heterocycles. The number of likely N-dealkylation sites (N-methyl/N-ethyl adjacent to an activating group) is 1. The Morgan fingerprint density at radius 3 is 2.66 bits per heavy atom. The molecule has 1 aliphatic rings. The van der Waals surface area contributed by atoms with E-state index in [9.17, 15) is 9.59 Å². The van der Waals surface area contributed by atoms with E-state index in [4.69, 9.17) is 10.8 Å². The van der Waals surface area contributed by atoms with Crippen molar-refractivity contribution >= 4 is 34.5 Å². The number of nitrogens with one attached hydrogen (secondary N) is 1. The number of hydrogen-bond acceptors (Lipinski definition) is 8. The highest BCUT2D eigenvalue weighted by Crippen LogP contribution is 2.34. The number of benzene rings is 1. The monoisotopic (exact) mass is 553 g/mol. The van der Waals surface area contributed by atoms with Crippen LogP contribution in [0, 0.1) is 0 Å². The van der Waals surface area contributed by atoms with Gasteiger partial charge in [-0.15, -0.1) is 0 Å². The Hall–Kier alpha value is -4.64. The highest BCUT2D eigenvalue weighted by molar-refractivity contribution is 6.04. The van der Waals surface area contributed by atoms with Crippen LogP contribution >= 0.6 is 0 Å². The standard InChI is InChI=1S/C30H35N9O2/c1-19(2)22-11-13-32-24(16-22)35-30(41)21-9-7-20(8-10-21)27-26-28(31)33-18-34-29(26)39(36-27)23-12-15-38(17-23)25(40)6-5-14-37(3)4/h5-11,13,16,18-19,23H,12,14-15,17H2,1-4H3,(H2,31,33,34)(H,32,35,41)/b6-5+. The molecule has 11 nitrogen and oxygen atoms in total. The number of hydrogen-bond donors (Lipinski definition) is 2. The van der Waals surface area contributed by atoms with E-state index in [0.717, 1.165) is 17.5 Å². The lowest BCUT2D eigenvalue weighted by molar-refractivity contribution is -0.125. The van der Waals surface area contributed by atoms with Gasteiger partial charge in [0.05, 0.1) is 11.4 Å². The first-order valence-corrected chi connectivity index (χ1v) is 13.7. The SMILES string of the molecule is CC(C)c1ccnc(NC(=O)c2ccc(-c3nn(C4CCN(C(=O)/C=C/CN(C)C)C4)c4ncnc(N)c34)cc2)c1. The number of carbonyl (C=O) groups excluding carboxylic acids is 2. The van der Waals surface area contributed by atoms with Gasteiger partial charge in [0.25, 0.3) is 5.91 Å². The second kappa shape index (κ2) is 11.8. The zero-order valence-electron chi connectivity index (χ0n) is 23.8. The summed E-state index contributed by atoms with van der Waals surface area (Å²) in [5, 5.41) is 8.43. The van der Waals surface area contributed by atoms with E-state index in [0.29, 0.717) is 59.5 Å². The van der Waals surface area contributed by atoms with Gasteiger partial charge in [-0.25, -0.2) is 19.6 Å². The molecule has 1 aliphatic heterocycles. The van der Waals surface area contributed by atoms with Crippen LogP contribution in [0.2, 0.25) is 0 Å². The number of pyridine rings is 1. The maximum absolute atomic E-state index is 12.9. The zero-order chi connectivity index (χ0) is 29.1. The van der Waals surface area contributed by atoms with Crippen molar-refractivity contribution < 1.29 is 9.59 Å². The van der Waals surface area contributed by atoms with Crippen LogP contribution in [-0.4, -0.2) is 80.1 Å². The lowest BCUT2D eigenvalue weighted by atomic mass is 10.0. The Balaban J connectivity index is 1.37. The minimum atomic E-state index is -0.251. The second-order valence-electron chi connectivity index (χ2n) is 10.8. The molecule has 11 heteroatoms. The fraction of sp³-hybridized carbons (Fsp3) is 0.333. The van der Waals surface area contributed by atoms with Crippen molar-refractivity contribution in [2.45, 2.75) is 32.2 Å². The van der Waals surface area contributed by atoms with Crippen molar-refractivity contribution in [3.8, 4) is 11.3 Å². The average Bonchev–Trinajstić information content (AvgIpc) is 3.59. The van der Waals surface area contributed by atoms with Gasteiger partial charge in [-0.1, -0.05) is 32.1 Å². The second-order valence-corrected chi connectivity index (χ2v) is 10.8. The number of fused-ring (bicyclic) bond motifs is 1. The molecule has 1 unspecified atom stereocenters. The van der Waals surface area contributed by atoms with Crippen LogP contribution in [0.3, 0.4) is 0 Å². The number of rotatable bonds is 8. The molecule has 0 radical (unpaired) electrons. The third-order valence-corrected chi connectivity index (χ3v) is 7.18. The van der Waals surface area contributed by atoms with Crippen LogP contribution in [0.4, 0.5) is 11.6 Å². The first kappa shape index (κ1) is 27.9. The van der Waals surface area contributed by atoms with Crippen molar-refractivity contribution in [2.24, 2.45) is 0 Å². The molecule has 1 aromatic carbocycles. The molecule has 0 spiro atoms. The summed E-state index contributed by atoms with van der Waals surface area (Å²) in [7, 11) is 3.92. The molecule has 1 atom stereocenters. The van der Waals surface area contributed by atoms with Gasteiger partial charge in [-0.2, -0.15) is 5.10 Å². The maximum atomic E-state index is 12.9. The largest absolute Gasteiger partial charge is 0.383 e. The van der Waals surface area contributed by atoms with Gasteiger partial charge in [0.15, 0.2) is 5.65 Å². The smallest absolute Gasteiger partial charge is 0.256 e. The topological polar surface area (TPSA) is 135 Å². The molecule has 0 aliphatic carbocycles. The molecule has 1 saturated heterocycles. The van der Waals surface area contributed by atoms with Crippen molar-refractivity contribution in [2.75, 3.05) is 44.8 Å². The summed E-state index contributed by atoms with van der Waals surface area (Å²) < 4.78 is 1.85. The number of likely N-dealkylation sites (tertiary alicyclic amines) is 1. The molecule has 3 N–H and O–H groups in total. The quantitative estimate of drug-likeness (QED) is 0.315. The number of nitrogen functional groups attached to an aromatic ring is 1. The Morgan fingerprint density at radius 1 is 1.15 bits per heavy atom. The first-order valence-electron chi connectivity index (χ1n) is 13.7. The van der Waals surface area contributed by atoms with Crippen LogP contribution in [0.15, 0.2) is 61.1 Å². The van der Waals surface area contributed by atoms with Crippen LogP contribution in [0.25, 0.3) is 22.3 Å². The normalized spacial score (nSPS) is 15.5. The van der Waals surface area contributed by atoms with E-state index in [-0.39, 0.29) is 17.9 Å². The Kier molecular flexibility index (Phi) is 8.06. The van der Waals surface area contributed by atoms with Crippen LogP contribution in [-0.2, 0) is 4.79 Å². The fourth-order valence-corrected chi connectivity index (χ4v) is 4.91. The molecular weight excluding hydrogens is 518 g/mol. The summed E-state index contributed by atoms with van der Waals surface area (Å²) in [6.45, 7) is 6.04. The summed E-state index contributed by atoms with van der Waals surface area (Å²) in [6, 6.07) is 11.0. The van der Waals surface area contributed by atoms with Crippen LogP contribution in [0.5, 0.6) is 0 Å². The van der Waals surface area contributed by atoms with E-state index in [1.54, 1.807) is 24.4 Å². The minimum Gasteiger partial charge on any atom is -0.383 e. The number of carbonyl (C=O) groups is 2. The molecule has 5 rings (SSSR count). The van der Waals surface area contributed by atoms with Gasteiger partial charge < -0.3 is 20.9 Å². The minimum absolute atomic E-state index is 0.0137. The molecule has 212 valence electrons. The average molecular weight is 554 g/mol. The highest BCUT2D eigenvalue weighted by Gasteiger charge is 2.30. The molecule has 2 amide bonds. The Bertz CT molecular complexity index is 1590. The molecule has 3 aromatic heterocycles. The van der Waals surface area contributed by atoms with Gasteiger partial charge in [-0.3, -0.25) is 9.59 Å². The van der Waals surface area contributed by atoms with E-state index < -0.39 is 0 Å². The number of amides is 2. The third kappa shape index (κ3) is 6.09. The molecule has 41 heavy (non-hydrogen) atoms. The lowest BCUT2D eigenvalue weighted by Gasteiger charge is -2.15. The van der Waals surface area contributed by atoms with Crippen LogP contribution < -0.4 is 11.1 Å². The van der Waals surface area contributed by atoms with Gasteiger partial charge in [0, 0.05) is 43.0 Å². The number of nitrogens with two attached hydrogens (primary N) is 1. The summed E-state index contributed by atoms with van der Waals surface area (Å²) in [5.41, 5.74) is 9.93. The number of nitrogens with zero attached hydrogens (tertiary/aromatic N) is 7. The molecule has 0 bridgehead atoms. The van der Waals surface area contributed by atoms with E-state index in [1.165, 1.54) is 6.33 Å². The van der Waals surface area contributed by atoms with E-state index in [2.05, 4.69) is 34.1 Å². The summed E-state index contributed by atoms with van der Waals surface area (Å²) in [6.07, 6.45) is 7.37. The van der Waals surface area contributed by atoms with E-state index in [1.807, 2.05) is 58.9 Å². The van der Waals surface area contributed by atoms with Gasteiger partial charge >= 0.3 is 0 Å². The van der Waals surface area contributed by atoms with Gasteiger partial charge in [0.1, 0.15) is 23.7 Å². The Labute approximate surface area is 239 Å². The molecule has 4 aromatic rings. The summed E-state index contributed by atoms with van der Waals surface area (Å²) >= 11 is 0. The lowest BCUT2D eigenvalue weighted by Crippen LogP contribution is -2.28. The van der Waals surface area contributed by atoms with Gasteiger partial charge in [-0.05, 0) is 56.3 Å². The summed E-state index contributed by atoms with van der Waals surface area (Å²) in [5.74, 6) is 0.902. The van der Waals surface area contributed by atoms with E-state index >= 15 is 0 Å². The number of aromatic nitrogens is 5. The summed E-state index contributed by atoms with van der Waals surface area (Å²) in [4.78, 5) is 42.4. The predicted molar refractivity (Wildman–Crippen MR) is 159 cm³/mol. The van der Waals surface area contributed by atoms with Crippen molar-refractivity contribution in [1.29, 1.82) is 0 Å². The van der Waals surface area contributed by atoms with Crippen LogP contribution in [0.1, 0.15) is 48.1 Å².